The van der Waals surface area contributed by atoms with Crippen molar-refractivity contribution in [3.63, 3.8) is 0 Å². The number of benzene rings is 2. The molecule has 0 spiro atoms. The number of rotatable bonds is 13. The summed E-state index contributed by atoms with van der Waals surface area (Å²) in [4.78, 5) is 66.0. The number of aromatic nitrogens is 2. The Morgan fingerprint density at radius 1 is 0.863 bits per heavy atom. The number of nitrogens with one attached hydrogen (secondary N) is 3. The van der Waals surface area contributed by atoms with E-state index in [1.807, 2.05) is 84.6 Å². The van der Waals surface area contributed by atoms with Crippen molar-refractivity contribution in [2.24, 2.45) is 0 Å². The number of carbonyl (C=O) groups is 4. The zero-order valence-corrected chi connectivity index (χ0v) is 28.7. The fourth-order valence-corrected chi connectivity index (χ4v) is 5.92. The number of likely N-dealkylation sites (N-methyl/N-ethyl adjacent to an activating group) is 1. The van der Waals surface area contributed by atoms with Crippen molar-refractivity contribution in [1.29, 1.82) is 0 Å². The number of hydrogen-bond acceptors (Lipinski definition) is 8. The first-order chi connectivity index (χ1) is 24.7. The van der Waals surface area contributed by atoms with Crippen molar-refractivity contribution in [2.45, 2.75) is 19.4 Å². The molecule has 51 heavy (non-hydrogen) atoms. The summed E-state index contributed by atoms with van der Waals surface area (Å²) in [7, 11) is 3.80. The Labute approximate surface area is 297 Å². The van der Waals surface area contributed by atoms with Crippen molar-refractivity contribution < 1.29 is 19.2 Å². The van der Waals surface area contributed by atoms with Gasteiger partial charge in [-0.1, -0.05) is 30.3 Å². The second-order valence-corrected chi connectivity index (χ2v) is 12.7. The van der Waals surface area contributed by atoms with E-state index in [1.54, 1.807) is 40.5 Å². The van der Waals surface area contributed by atoms with E-state index in [9.17, 15) is 19.2 Å². The number of carbonyl (C=O) groups excluding carboxylic acids is 4. The highest BCUT2D eigenvalue weighted by Gasteiger charge is 2.30. The zero-order valence-electron chi connectivity index (χ0n) is 28.7. The van der Waals surface area contributed by atoms with E-state index in [-0.39, 0.29) is 30.3 Å². The molecule has 0 atom stereocenters. The maximum atomic E-state index is 13.4. The van der Waals surface area contributed by atoms with Crippen LogP contribution in [-0.2, 0) is 20.9 Å². The smallest absolute Gasteiger partial charge is 0.324 e. The molecule has 6 rings (SSSR count). The first-order valence-electron chi connectivity index (χ1n) is 16.8. The molecule has 4 heterocycles. The van der Waals surface area contributed by atoms with Gasteiger partial charge in [0, 0.05) is 68.4 Å². The molecule has 0 radical (unpaired) electrons. The van der Waals surface area contributed by atoms with Gasteiger partial charge in [0.2, 0.25) is 17.7 Å². The highest BCUT2D eigenvalue weighted by molar-refractivity contribution is 5.97. The lowest BCUT2D eigenvalue weighted by Gasteiger charge is -2.19. The maximum absolute atomic E-state index is 13.4. The molecule has 2 aliphatic rings. The Bertz CT molecular complexity index is 1910. The summed E-state index contributed by atoms with van der Waals surface area (Å²) >= 11 is 0. The van der Waals surface area contributed by atoms with Gasteiger partial charge in [0.05, 0.1) is 30.3 Å². The van der Waals surface area contributed by atoms with Gasteiger partial charge < -0.3 is 30.7 Å². The van der Waals surface area contributed by atoms with Gasteiger partial charge >= 0.3 is 6.03 Å². The van der Waals surface area contributed by atoms with Crippen LogP contribution in [0.25, 0.3) is 11.1 Å². The van der Waals surface area contributed by atoms with Crippen LogP contribution in [0.3, 0.4) is 0 Å². The molecule has 5 amide bonds. The van der Waals surface area contributed by atoms with Gasteiger partial charge in [0.25, 0.3) is 0 Å². The third-order valence-electron chi connectivity index (χ3n) is 8.50. The van der Waals surface area contributed by atoms with Gasteiger partial charge in [-0.05, 0) is 74.1 Å². The van der Waals surface area contributed by atoms with E-state index in [2.05, 4.69) is 25.9 Å². The monoisotopic (exact) mass is 687 g/mol. The fourth-order valence-electron chi connectivity index (χ4n) is 5.92. The summed E-state index contributed by atoms with van der Waals surface area (Å²) in [5.41, 5.74) is 5.68. The van der Waals surface area contributed by atoms with Gasteiger partial charge in [-0.25, -0.2) is 9.78 Å². The summed E-state index contributed by atoms with van der Waals surface area (Å²) in [6, 6.07) is 20.8. The molecule has 2 aromatic heterocycles. The summed E-state index contributed by atoms with van der Waals surface area (Å²) < 4.78 is 0. The highest BCUT2D eigenvalue weighted by atomic mass is 16.2. The molecule has 3 N–H and O–H groups in total. The van der Waals surface area contributed by atoms with Crippen molar-refractivity contribution in [1.82, 2.24) is 25.1 Å². The first kappa shape index (κ1) is 34.8. The Morgan fingerprint density at radius 2 is 1.69 bits per heavy atom. The summed E-state index contributed by atoms with van der Waals surface area (Å²) in [6.45, 7) is 2.63. The van der Waals surface area contributed by atoms with E-state index in [1.165, 1.54) is 6.08 Å². The van der Waals surface area contributed by atoms with Gasteiger partial charge in [-0.3, -0.25) is 24.3 Å². The fraction of sp³-hybridized carbons (Fsp3) is 0.263. The predicted octanol–water partition coefficient (Wildman–Crippen LogP) is 4.63. The number of amides is 5. The number of urea groups is 1. The van der Waals surface area contributed by atoms with Crippen molar-refractivity contribution >= 4 is 52.3 Å². The maximum Gasteiger partial charge on any atom is 0.324 e. The lowest BCUT2D eigenvalue weighted by molar-refractivity contribution is -0.121. The highest BCUT2D eigenvalue weighted by Crippen LogP contribution is 2.28. The predicted molar refractivity (Wildman–Crippen MR) is 198 cm³/mol. The molecule has 2 saturated heterocycles. The van der Waals surface area contributed by atoms with Gasteiger partial charge in [0.15, 0.2) is 0 Å². The van der Waals surface area contributed by atoms with Crippen LogP contribution in [0, 0.1) is 0 Å². The number of anilines is 5. The molecular formula is C38H41N9O4. The Balaban J connectivity index is 1.01. The molecule has 0 unspecified atom stereocenters. The summed E-state index contributed by atoms with van der Waals surface area (Å²) in [5.74, 6) is 0.119. The molecule has 0 saturated carbocycles. The minimum absolute atomic E-state index is 0.143. The van der Waals surface area contributed by atoms with E-state index in [4.69, 9.17) is 0 Å². The molecule has 4 aromatic rings. The number of nitrogens with zero attached hydrogens (tertiary/aromatic N) is 6. The minimum Gasteiger partial charge on any atom is -0.343 e. The van der Waals surface area contributed by atoms with Crippen LogP contribution in [0.4, 0.5) is 33.4 Å². The van der Waals surface area contributed by atoms with Crippen LogP contribution in [0.5, 0.6) is 0 Å². The topological polar surface area (TPSA) is 143 Å². The molecule has 0 bridgehead atoms. The first-order valence-corrected chi connectivity index (χ1v) is 16.8. The van der Waals surface area contributed by atoms with Crippen molar-refractivity contribution in [2.75, 3.05) is 67.3 Å². The van der Waals surface area contributed by atoms with Crippen LogP contribution in [0.2, 0.25) is 0 Å². The van der Waals surface area contributed by atoms with Crippen LogP contribution in [-0.4, -0.2) is 90.3 Å². The third kappa shape index (κ3) is 9.13. The molecular weight excluding hydrogens is 646 g/mol. The van der Waals surface area contributed by atoms with Crippen LogP contribution in [0.1, 0.15) is 18.4 Å². The Morgan fingerprint density at radius 3 is 2.43 bits per heavy atom. The Kier molecular flexibility index (Phi) is 11.0. The lowest BCUT2D eigenvalue weighted by atomic mass is 10.1. The van der Waals surface area contributed by atoms with Gasteiger partial charge in [-0.15, -0.1) is 0 Å². The van der Waals surface area contributed by atoms with Crippen molar-refractivity contribution in [3.8, 4) is 11.1 Å². The minimum atomic E-state index is -0.348. The largest absolute Gasteiger partial charge is 0.343 e. The van der Waals surface area contributed by atoms with Crippen LogP contribution in [0.15, 0.2) is 97.5 Å². The molecule has 2 aliphatic heterocycles. The second kappa shape index (κ2) is 16.1. The lowest BCUT2D eigenvalue weighted by Crippen LogP contribution is -2.32. The standard InChI is InChI=1S/C38H41N9O4/c1-44(2)16-4-8-35(48)41-25-36(49)43-30-7-3-6-27(20-30)26-45-18-19-47(38(45)51)33-21-31(23-39-24-33)42-34-15-12-29(22-40-34)28-10-13-32(14-11-28)46-17-5-9-37(46)50/h3-4,6-8,10-15,20-24H,5,9,16-19,25-26H2,1-2H3,(H,40,42)(H,41,48)(H,43,49)/b8-4+. The number of hydrogen-bond donors (Lipinski definition) is 3. The molecule has 13 heteroatoms. The molecule has 0 aliphatic carbocycles. The molecule has 262 valence electrons. The SMILES string of the molecule is CN(C)C/C=C/C(=O)NCC(=O)Nc1cccc(CN2CCN(c3cncc(Nc4ccc(-c5ccc(N6CCCC6=O)cc5)cn4)c3)C2=O)c1. The van der Waals surface area contributed by atoms with Crippen LogP contribution < -0.4 is 25.8 Å². The molecule has 13 nitrogen and oxygen atoms in total. The zero-order chi connectivity index (χ0) is 35.7. The third-order valence-corrected chi connectivity index (χ3v) is 8.50. The van der Waals surface area contributed by atoms with Gasteiger partial charge in [-0.2, -0.15) is 0 Å². The van der Waals surface area contributed by atoms with E-state index in [0.717, 1.165) is 35.3 Å². The van der Waals surface area contributed by atoms with E-state index >= 15 is 0 Å². The Hall–Kier alpha value is -6.08. The average molecular weight is 688 g/mol. The molecule has 2 fully saturated rings. The van der Waals surface area contributed by atoms with Gasteiger partial charge in [0.1, 0.15) is 5.82 Å². The molecule has 2 aromatic carbocycles. The second-order valence-electron chi connectivity index (χ2n) is 12.7. The average Bonchev–Trinajstić information content (AvgIpc) is 3.72. The van der Waals surface area contributed by atoms with E-state index in [0.29, 0.717) is 55.5 Å². The normalized spacial score (nSPS) is 14.5. The van der Waals surface area contributed by atoms with Crippen molar-refractivity contribution in [3.05, 3.63) is 103 Å². The van der Waals surface area contributed by atoms with E-state index < -0.39 is 0 Å². The summed E-state index contributed by atoms with van der Waals surface area (Å²) in [6.07, 6.45) is 9.77. The summed E-state index contributed by atoms with van der Waals surface area (Å²) in [5, 5.41) is 8.66. The van der Waals surface area contributed by atoms with Crippen LogP contribution >= 0.6 is 0 Å². The number of pyridine rings is 2. The quantitative estimate of drug-likeness (QED) is 0.173.